The molecule has 12 atom stereocenters. The maximum absolute atomic E-state index is 12.7. The monoisotopic (exact) mass is 889 g/mol. The molecular formula is C26H34N7O22P3. The summed E-state index contributed by atoms with van der Waals surface area (Å²) < 4.78 is 67.5. The molecule has 29 nitrogen and oxygen atoms in total. The Morgan fingerprint density at radius 1 is 0.879 bits per heavy atom. The molecule has 3 aliphatic rings. The molecule has 2 fully saturated rings. The van der Waals surface area contributed by atoms with Crippen LogP contribution in [0.25, 0.3) is 11.2 Å². The average Bonchev–Trinajstić information content (AvgIpc) is 3.77. The third-order valence-electron chi connectivity index (χ3n) is 8.65. The summed E-state index contributed by atoms with van der Waals surface area (Å²) in [5.41, 5.74) is 10.6. The van der Waals surface area contributed by atoms with Crippen LogP contribution in [-0.2, 0) is 60.2 Å². The van der Waals surface area contributed by atoms with Gasteiger partial charge in [-0.1, -0.05) is 6.08 Å². The number of primary amides is 1. The summed E-state index contributed by atoms with van der Waals surface area (Å²) in [6.45, 7) is -2.29. The number of ketones is 1. The number of nitrogens with zero attached hydrogens (tertiary/aromatic N) is 5. The number of aliphatic carboxylic acids is 2. The van der Waals surface area contributed by atoms with Crippen molar-refractivity contribution in [2.75, 3.05) is 18.9 Å². The molecule has 1 amide bonds. The van der Waals surface area contributed by atoms with Crippen LogP contribution in [0.1, 0.15) is 12.6 Å². The number of carboxylic acid groups (broad SMARTS) is 2. The van der Waals surface area contributed by atoms with Crippen molar-refractivity contribution in [3.63, 3.8) is 0 Å². The molecule has 0 bridgehead atoms. The molecule has 58 heavy (non-hydrogen) atoms. The highest BCUT2D eigenvalue weighted by Crippen LogP contribution is 2.61. The Morgan fingerprint density at radius 2 is 1.48 bits per heavy atom. The molecule has 5 heterocycles. The fourth-order valence-corrected chi connectivity index (χ4v) is 8.72. The van der Waals surface area contributed by atoms with Crippen molar-refractivity contribution in [3.05, 3.63) is 36.7 Å². The van der Waals surface area contributed by atoms with Crippen molar-refractivity contribution < 1.29 is 105 Å². The van der Waals surface area contributed by atoms with Crippen LogP contribution in [0.3, 0.4) is 0 Å². The Morgan fingerprint density at radius 3 is 2.05 bits per heavy atom. The zero-order chi connectivity index (χ0) is 43.1. The quantitative estimate of drug-likeness (QED) is 0.0509. The molecule has 2 unspecified atom stereocenters. The van der Waals surface area contributed by atoms with Crippen molar-refractivity contribution >= 4 is 64.1 Å². The number of rotatable bonds is 18. The zero-order valence-corrected chi connectivity index (χ0v) is 31.5. The van der Waals surface area contributed by atoms with Gasteiger partial charge in [0.2, 0.25) is 11.7 Å². The number of fused-ring (bicyclic) bond motifs is 1. The minimum atomic E-state index is -5.65. The summed E-state index contributed by atoms with van der Waals surface area (Å²) >= 11 is 0. The number of allylic oxidation sites excluding steroid dienone is 1. The average molecular weight is 890 g/mol. The van der Waals surface area contributed by atoms with Gasteiger partial charge in [0.15, 0.2) is 23.9 Å². The Bertz CT molecular complexity index is 2150. The van der Waals surface area contributed by atoms with E-state index in [1.165, 1.54) is 0 Å². The van der Waals surface area contributed by atoms with E-state index in [9.17, 15) is 72.9 Å². The molecule has 0 saturated carbocycles. The number of amides is 1. The first-order valence-electron chi connectivity index (χ1n) is 16.0. The van der Waals surface area contributed by atoms with Crippen LogP contribution in [0.4, 0.5) is 5.82 Å². The number of phosphoric ester groups is 3. The van der Waals surface area contributed by atoms with E-state index < -0.39 is 133 Å². The van der Waals surface area contributed by atoms with E-state index >= 15 is 0 Å². The van der Waals surface area contributed by atoms with Gasteiger partial charge in [-0.05, 0) is 0 Å². The lowest BCUT2D eigenvalue weighted by atomic mass is 9.79. The van der Waals surface area contributed by atoms with Gasteiger partial charge >= 0.3 is 35.4 Å². The number of carbonyl (C=O) groups is 4. The third kappa shape index (κ3) is 10.2. The predicted molar refractivity (Wildman–Crippen MR) is 180 cm³/mol. The van der Waals surface area contributed by atoms with Crippen LogP contribution in [0.5, 0.6) is 0 Å². The second kappa shape index (κ2) is 17.2. The highest BCUT2D eigenvalue weighted by molar-refractivity contribution is 7.61. The topological polar surface area (TPSA) is 456 Å². The van der Waals surface area contributed by atoms with Crippen LogP contribution in [-0.4, -0.2) is 149 Å². The number of nitrogen functional groups attached to an aromatic ring is 1. The van der Waals surface area contributed by atoms with Crippen LogP contribution in [0.15, 0.2) is 36.7 Å². The smallest absolute Gasteiger partial charge is 0.481 e. The number of Topliss-reactive ketones (excluding diaryl/α,β-unsaturated/α-hetero) is 1. The maximum atomic E-state index is 12.7. The van der Waals surface area contributed by atoms with Crippen LogP contribution in [0, 0.1) is 11.8 Å². The Labute approximate surface area is 322 Å². The number of imidazole rings is 1. The van der Waals surface area contributed by atoms with Crippen molar-refractivity contribution in [2.45, 2.75) is 55.5 Å². The molecule has 2 aromatic rings. The summed E-state index contributed by atoms with van der Waals surface area (Å²) in [6.07, 6.45) is -10.4. The second-order valence-corrected chi connectivity index (χ2v) is 16.7. The standard InChI is InChI=1S/C26H34N7O22P3/c27-21-15-23(30-7-29-21)33(8-31-15)25-20(54-56(43,44)45)18(38)13(53-25)6-51-58(48,49)55-57(46,47)50-5-12-17(37)19(39)24(52-12)32-2-1-9(11(4-32)22(28)40)10(3-14(34)35)16(36)26(41)42/h1-2,4,7-10,12-13,17-20,24-25,37-39H,3,5-6H2,(H2,28,40)(H,34,35)(H,41,42)(H,46,47)(H,48,49)(H2,27,29,30)(H2,43,44,45)/t9-,10-,12+,13+,17+,18+,19+,20+,24+,25+/m0/s1. The third-order valence-corrected chi connectivity index (χ3v) is 11.8. The van der Waals surface area contributed by atoms with Gasteiger partial charge in [-0.3, -0.25) is 32.5 Å². The summed E-state index contributed by atoms with van der Waals surface area (Å²) in [6, 6.07) is 0. The van der Waals surface area contributed by atoms with E-state index in [2.05, 4.69) is 32.8 Å². The molecular weight excluding hydrogens is 855 g/mol. The number of anilines is 1. The summed E-state index contributed by atoms with van der Waals surface area (Å²) in [5.74, 6) is -9.68. The zero-order valence-electron chi connectivity index (χ0n) is 28.8. The molecule has 2 saturated heterocycles. The second-order valence-electron chi connectivity index (χ2n) is 12.5. The largest absolute Gasteiger partial charge is 0.481 e. The first kappa shape index (κ1) is 45.0. The van der Waals surface area contributed by atoms with E-state index in [0.29, 0.717) is 0 Å². The predicted octanol–water partition coefficient (Wildman–Crippen LogP) is -3.60. The van der Waals surface area contributed by atoms with E-state index in [1.54, 1.807) is 0 Å². The molecule has 0 aromatic carbocycles. The lowest BCUT2D eigenvalue weighted by Crippen LogP contribution is -2.42. The van der Waals surface area contributed by atoms with Crippen LogP contribution < -0.4 is 11.5 Å². The molecule has 3 aliphatic heterocycles. The SMILES string of the molecule is NC(=O)C1=CN([C@@H]2O[C@H](COP(=O)(O)OP(=O)(O)OC[C@H]3O[C@@H](n4cnc5c(N)ncnc54)[C@H](OP(=O)(O)O)[C@@H]3O)[C@@H](O)[C@H]2O)C=C[C@H]1[C@H](CC(=O)O)C(=O)C(=O)O. The number of carbonyl (C=O) groups excluding carboxylic acids is 2. The van der Waals surface area contributed by atoms with Gasteiger partial charge in [0.25, 0.3) is 0 Å². The molecule has 5 rings (SSSR count). The minimum Gasteiger partial charge on any atom is -0.481 e. The van der Waals surface area contributed by atoms with Crippen molar-refractivity contribution in [1.82, 2.24) is 24.4 Å². The fourth-order valence-electron chi connectivity index (χ4n) is 6.09. The number of aromatic nitrogens is 4. The minimum absolute atomic E-state index is 0.0228. The maximum Gasteiger partial charge on any atom is 0.481 e. The van der Waals surface area contributed by atoms with Crippen LogP contribution >= 0.6 is 23.5 Å². The first-order chi connectivity index (χ1) is 26.9. The van der Waals surface area contributed by atoms with E-state index in [4.69, 9.17) is 26.0 Å². The lowest BCUT2D eigenvalue weighted by Gasteiger charge is -2.33. The number of aliphatic hydroxyl groups is 3. The fraction of sp³-hybridized carbons (Fsp3) is 0.500. The molecule has 0 aliphatic carbocycles. The van der Waals surface area contributed by atoms with Crippen molar-refractivity contribution in [1.29, 1.82) is 0 Å². The van der Waals surface area contributed by atoms with Gasteiger partial charge in [0, 0.05) is 23.9 Å². The summed E-state index contributed by atoms with van der Waals surface area (Å²) in [7, 11) is -16.6. The summed E-state index contributed by atoms with van der Waals surface area (Å²) in [4.78, 5) is 99.1. The molecule has 0 spiro atoms. The number of phosphoric acid groups is 3. The van der Waals surface area contributed by atoms with Gasteiger partial charge in [-0.15, -0.1) is 0 Å². The van der Waals surface area contributed by atoms with Crippen molar-refractivity contribution in [2.24, 2.45) is 17.6 Å². The molecule has 320 valence electrons. The van der Waals surface area contributed by atoms with Gasteiger partial charge in [-0.25, -0.2) is 33.4 Å². The van der Waals surface area contributed by atoms with E-state index in [1.807, 2.05) is 0 Å². The Balaban J connectivity index is 1.21. The summed E-state index contributed by atoms with van der Waals surface area (Å²) in [5, 5.41) is 50.4. The van der Waals surface area contributed by atoms with E-state index in [0.717, 1.165) is 40.6 Å². The number of carboxylic acids is 2. The lowest BCUT2D eigenvalue weighted by molar-refractivity contribution is -0.153. The molecule has 13 N–H and O–H groups in total. The highest BCUT2D eigenvalue weighted by Gasteiger charge is 2.51. The molecule has 32 heteroatoms. The first-order valence-corrected chi connectivity index (χ1v) is 20.6. The Hall–Kier alpha value is -4.12. The number of hydrogen-bond donors (Lipinski definition) is 11. The van der Waals surface area contributed by atoms with Gasteiger partial charge < -0.3 is 70.9 Å². The number of ether oxygens (including phenoxy) is 2. The van der Waals surface area contributed by atoms with Gasteiger partial charge in [0.1, 0.15) is 48.5 Å². The Kier molecular flexibility index (Phi) is 13.4. The highest BCUT2D eigenvalue weighted by atomic mass is 31.3. The van der Waals surface area contributed by atoms with Gasteiger partial charge in [-0.2, -0.15) is 4.31 Å². The number of hydrogen-bond acceptors (Lipinski definition) is 21. The van der Waals surface area contributed by atoms with Crippen molar-refractivity contribution in [3.8, 4) is 0 Å². The van der Waals surface area contributed by atoms with Crippen LogP contribution in [0.2, 0.25) is 0 Å². The normalized spacial score (nSPS) is 30.1. The molecule has 2 aromatic heterocycles. The number of aliphatic hydroxyl groups excluding tert-OH is 3. The molecule has 0 radical (unpaired) electrons. The number of nitrogens with two attached hydrogens (primary N) is 2. The van der Waals surface area contributed by atoms with E-state index in [-0.39, 0.29) is 17.0 Å². The van der Waals surface area contributed by atoms with Gasteiger partial charge in [0.05, 0.1) is 31.9 Å².